The van der Waals surface area contributed by atoms with E-state index < -0.39 is 5.60 Å². The molecule has 1 aliphatic rings. The van der Waals surface area contributed by atoms with Crippen molar-refractivity contribution in [3.05, 3.63) is 35.9 Å². The van der Waals surface area contributed by atoms with Crippen LogP contribution in [0.3, 0.4) is 0 Å². The molecule has 0 N–H and O–H groups in total. The highest BCUT2D eigenvalue weighted by Gasteiger charge is 2.25. The molecule has 1 heterocycles. The van der Waals surface area contributed by atoms with Gasteiger partial charge in [-0.15, -0.1) is 0 Å². The summed E-state index contributed by atoms with van der Waals surface area (Å²) in [7, 11) is 1.61. The first-order valence-corrected chi connectivity index (χ1v) is 8.76. The monoisotopic (exact) mass is 347 g/mol. The van der Waals surface area contributed by atoms with E-state index in [0.29, 0.717) is 5.92 Å². The van der Waals surface area contributed by atoms with Gasteiger partial charge >= 0.3 is 6.09 Å². The Bertz CT molecular complexity index is 584. The zero-order valence-electron chi connectivity index (χ0n) is 15.7. The van der Waals surface area contributed by atoms with Gasteiger partial charge in [0.15, 0.2) is 6.79 Å². The minimum absolute atomic E-state index is 0.215. The number of benzene rings is 1. The van der Waals surface area contributed by atoms with Crippen LogP contribution >= 0.6 is 0 Å². The third-order valence-corrected chi connectivity index (χ3v) is 3.99. The number of carbonyl (C=O) groups excluding carboxylic acids is 1. The molecule has 1 saturated heterocycles. The van der Waals surface area contributed by atoms with Crippen LogP contribution in [0.2, 0.25) is 0 Å². The number of hydrogen-bond donors (Lipinski definition) is 0. The number of likely N-dealkylation sites (tertiary alicyclic amines) is 1. The molecule has 0 aliphatic carbocycles. The maximum Gasteiger partial charge on any atom is 0.410 e. The fraction of sp³-hybridized carbons (Fsp3) is 0.550. The molecule has 2 rings (SSSR count). The maximum absolute atomic E-state index is 12.1. The van der Waals surface area contributed by atoms with Crippen LogP contribution in [0.25, 0.3) is 6.08 Å². The molecule has 0 radical (unpaired) electrons. The van der Waals surface area contributed by atoms with E-state index in [0.717, 1.165) is 37.2 Å². The van der Waals surface area contributed by atoms with Crippen molar-refractivity contribution in [2.45, 2.75) is 39.2 Å². The molecule has 1 amide bonds. The third kappa shape index (κ3) is 6.42. The molecule has 1 fully saturated rings. The Morgan fingerprint density at radius 2 is 1.92 bits per heavy atom. The number of ether oxygens (including phenoxy) is 3. The summed E-state index contributed by atoms with van der Waals surface area (Å²) in [5.74, 6) is 1.26. The van der Waals surface area contributed by atoms with Gasteiger partial charge < -0.3 is 19.1 Å². The van der Waals surface area contributed by atoms with Crippen molar-refractivity contribution < 1.29 is 19.0 Å². The van der Waals surface area contributed by atoms with Gasteiger partial charge in [0, 0.05) is 25.8 Å². The quantitative estimate of drug-likeness (QED) is 0.744. The van der Waals surface area contributed by atoms with Crippen molar-refractivity contribution in [2.24, 2.45) is 5.92 Å². The average Bonchev–Trinajstić information content (AvgIpc) is 2.57. The zero-order chi connectivity index (χ0) is 18.3. The molecule has 138 valence electrons. The number of nitrogens with zero attached hydrogens (tertiary/aromatic N) is 1. The average molecular weight is 347 g/mol. The second kappa shape index (κ2) is 8.90. The largest absolute Gasteiger partial charge is 0.467 e. The smallest absolute Gasteiger partial charge is 0.410 e. The molecule has 0 spiro atoms. The first kappa shape index (κ1) is 19.3. The normalized spacial score (nSPS) is 16.2. The van der Waals surface area contributed by atoms with E-state index in [1.165, 1.54) is 0 Å². The van der Waals surface area contributed by atoms with Crippen LogP contribution in [-0.2, 0) is 9.47 Å². The van der Waals surface area contributed by atoms with Crippen molar-refractivity contribution in [3.63, 3.8) is 0 Å². The molecule has 0 aromatic heterocycles. The van der Waals surface area contributed by atoms with Crippen LogP contribution < -0.4 is 4.74 Å². The van der Waals surface area contributed by atoms with E-state index in [1.54, 1.807) is 12.0 Å². The summed E-state index contributed by atoms with van der Waals surface area (Å²) in [6.45, 7) is 7.37. The number of piperidine rings is 1. The Kier molecular flexibility index (Phi) is 6.88. The Labute approximate surface area is 150 Å². The Hall–Kier alpha value is -2.01. The molecule has 0 bridgehead atoms. The summed E-state index contributed by atoms with van der Waals surface area (Å²) >= 11 is 0. The molecular formula is C20H29NO4. The van der Waals surface area contributed by atoms with Gasteiger partial charge in [-0.05, 0) is 45.6 Å². The van der Waals surface area contributed by atoms with Crippen LogP contribution in [-0.4, -0.2) is 43.6 Å². The lowest BCUT2D eigenvalue weighted by atomic mass is 9.96. The second-order valence-electron chi connectivity index (χ2n) is 7.25. The summed E-state index contributed by atoms with van der Waals surface area (Å²) in [6.07, 6.45) is 5.97. The Morgan fingerprint density at radius 3 is 2.56 bits per heavy atom. The predicted molar refractivity (Wildman–Crippen MR) is 98.5 cm³/mol. The SMILES string of the molecule is COCOc1ccccc1C=CC1CCN(C(=O)OC(C)(C)C)CC1. The summed E-state index contributed by atoms with van der Waals surface area (Å²) in [6, 6.07) is 7.90. The predicted octanol–water partition coefficient (Wildman–Crippen LogP) is 4.33. The van der Waals surface area contributed by atoms with Gasteiger partial charge in [-0.3, -0.25) is 0 Å². The van der Waals surface area contributed by atoms with Crippen LogP contribution in [0, 0.1) is 5.92 Å². The molecule has 0 saturated carbocycles. The van der Waals surface area contributed by atoms with Crippen LogP contribution in [0.1, 0.15) is 39.2 Å². The molecule has 5 nitrogen and oxygen atoms in total. The lowest BCUT2D eigenvalue weighted by molar-refractivity contribution is 0.0197. The van der Waals surface area contributed by atoms with Gasteiger partial charge in [0.25, 0.3) is 0 Å². The number of methoxy groups -OCH3 is 1. The van der Waals surface area contributed by atoms with Gasteiger partial charge in [0.1, 0.15) is 11.4 Å². The van der Waals surface area contributed by atoms with E-state index >= 15 is 0 Å². The minimum Gasteiger partial charge on any atom is -0.467 e. The molecule has 0 atom stereocenters. The Balaban J connectivity index is 1.88. The van der Waals surface area contributed by atoms with Crippen LogP contribution in [0.15, 0.2) is 30.3 Å². The minimum atomic E-state index is -0.445. The van der Waals surface area contributed by atoms with Gasteiger partial charge in [-0.1, -0.05) is 30.4 Å². The molecule has 1 aromatic rings. The van der Waals surface area contributed by atoms with Crippen molar-refractivity contribution in [3.8, 4) is 5.75 Å². The number of hydrogen-bond acceptors (Lipinski definition) is 4. The highest BCUT2D eigenvalue weighted by Crippen LogP contribution is 2.24. The topological polar surface area (TPSA) is 48.0 Å². The van der Waals surface area contributed by atoms with Gasteiger partial charge in [0.05, 0.1) is 0 Å². The first-order chi connectivity index (χ1) is 11.9. The highest BCUT2D eigenvalue weighted by molar-refractivity contribution is 5.68. The molecule has 1 aromatic carbocycles. The van der Waals surface area contributed by atoms with Gasteiger partial charge in [-0.25, -0.2) is 4.79 Å². The summed E-state index contributed by atoms with van der Waals surface area (Å²) in [4.78, 5) is 13.9. The summed E-state index contributed by atoms with van der Waals surface area (Å²) < 4.78 is 16.0. The van der Waals surface area contributed by atoms with Crippen molar-refractivity contribution in [1.29, 1.82) is 0 Å². The van der Waals surface area contributed by atoms with E-state index in [9.17, 15) is 4.79 Å². The standard InChI is InChI=1S/C20H29NO4/c1-20(2,3)25-19(22)21-13-11-16(12-14-21)9-10-17-7-5-6-8-18(17)24-15-23-4/h5-10,16H,11-15H2,1-4H3. The Morgan fingerprint density at radius 1 is 1.24 bits per heavy atom. The number of amides is 1. The second-order valence-corrected chi connectivity index (χ2v) is 7.25. The van der Waals surface area contributed by atoms with E-state index in [4.69, 9.17) is 14.2 Å². The number of para-hydroxylation sites is 1. The fourth-order valence-corrected chi connectivity index (χ4v) is 2.71. The molecule has 0 unspecified atom stereocenters. The fourth-order valence-electron chi connectivity index (χ4n) is 2.71. The molecule has 25 heavy (non-hydrogen) atoms. The van der Waals surface area contributed by atoms with E-state index in [1.807, 2.05) is 45.0 Å². The van der Waals surface area contributed by atoms with Crippen molar-refractivity contribution in [2.75, 3.05) is 27.0 Å². The van der Waals surface area contributed by atoms with Gasteiger partial charge in [0.2, 0.25) is 0 Å². The van der Waals surface area contributed by atoms with E-state index in [-0.39, 0.29) is 12.9 Å². The van der Waals surface area contributed by atoms with Crippen molar-refractivity contribution in [1.82, 2.24) is 4.90 Å². The molecular weight excluding hydrogens is 318 g/mol. The van der Waals surface area contributed by atoms with Gasteiger partial charge in [-0.2, -0.15) is 0 Å². The van der Waals surface area contributed by atoms with Crippen LogP contribution in [0.4, 0.5) is 4.79 Å². The first-order valence-electron chi connectivity index (χ1n) is 8.76. The van der Waals surface area contributed by atoms with E-state index in [2.05, 4.69) is 12.2 Å². The number of allylic oxidation sites excluding steroid dienone is 1. The molecule has 1 aliphatic heterocycles. The maximum atomic E-state index is 12.1. The lowest BCUT2D eigenvalue weighted by Crippen LogP contribution is -2.41. The number of carbonyl (C=O) groups is 1. The number of rotatable bonds is 5. The zero-order valence-corrected chi connectivity index (χ0v) is 15.7. The summed E-state index contributed by atoms with van der Waals surface area (Å²) in [5.41, 5.74) is 0.592. The summed E-state index contributed by atoms with van der Waals surface area (Å²) in [5, 5.41) is 0. The van der Waals surface area contributed by atoms with Crippen LogP contribution in [0.5, 0.6) is 5.75 Å². The lowest BCUT2D eigenvalue weighted by Gasteiger charge is -2.32. The molecule has 5 heteroatoms. The third-order valence-electron chi connectivity index (χ3n) is 3.99. The highest BCUT2D eigenvalue weighted by atomic mass is 16.7. The van der Waals surface area contributed by atoms with Crippen molar-refractivity contribution >= 4 is 12.2 Å².